The fraction of sp³-hybridized carbons (Fsp3) is 0.750. The van der Waals surface area contributed by atoms with Gasteiger partial charge in [-0.05, 0) is 38.8 Å². The fourth-order valence-corrected chi connectivity index (χ4v) is 3.07. The first-order valence-electron chi connectivity index (χ1n) is 7.42. The molecule has 1 N–H and O–H groups in total. The molecule has 2 atom stereocenters. The maximum absolute atomic E-state index is 5.50. The molecule has 1 aromatic rings. The highest BCUT2D eigenvalue weighted by Crippen LogP contribution is 2.24. The Morgan fingerprint density at radius 3 is 2.74 bits per heavy atom. The van der Waals surface area contributed by atoms with Crippen molar-refractivity contribution in [2.75, 3.05) is 13.1 Å². The molecule has 0 amide bonds. The number of piperazine rings is 1. The van der Waals surface area contributed by atoms with E-state index in [-0.39, 0.29) is 5.54 Å². The summed E-state index contributed by atoms with van der Waals surface area (Å²) in [4.78, 5) is 2.66. The highest BCUT2D eigenvalue weighted by molar-refractivity contribution is 5.02. The maximum Gasteiger partial charge on any atom is 0.105 e. The second-order valence-corrected chi connectivity index (χ2v) is 6.88. The van der Waals surface area contributed by atoms with Crippen molar-refractivity contribution in [3.8, 4) is 0 Å². The quantitative estimate of drug-likeness (QED) is 0.906. The summed E-state index contributed by atoms with van der Waals surface area (Å²) in [7, 11) is 0. The van der Waals surface area contributed by atoms with E-state index in [0.29, 0.717) is 18.0 Å². The number of nitrogens with zero attached hydrogens (tertiary/aromatic N) is 1. The summed E-state index contributed by atoms with van der Waals surface area (Å²) in [6.45, 7) is 13.7. The molecule has 3 heteroatoms. The van der Waals surface area contributed by atoms with Crippen LogP contribution in [0.15, 0.2) is 22.8 Å². The predicted octanol–water partition coefficient (Wildman–Crippen LogP) is 2.92. The fourth-order valence-electron chi connectivity index (χ4n) is 3.07. The van der Waals surface area contributed by atoms with Crippen LogP contribution in [-0.2, 0) is 6.42 Å². The Balaban J connectivity index is 2.08. The summed E-state index contributed by atoms with van der Waals surface area (Å²) in [5.41, 5.74) is 0.197. The summed E-state index contributed by atoms with van der Waals surface area (Å²) >= 11 is 0. The van der Waals surface area contributed by atoms with Crippen molar-refractivity contribution in [2.24, 2.45) is 5.92 Å². The van der Waals surface area contributed by atoms with Gasteiger partial charge in [-0.15, -0.1) is 0 Å². The lowest BCUT2D eigenvalue weighted by Gasteiger charge is -2.48. The smallest absolute Gasteiger partial charge is 0.105 e. The normalized spacial score (nSPS) is 25.7. The van der Waals surface area contributed by atoms with Gasteiger partial charge in [-0.2, -0.15) is 0 Å². The highest BCUT2D eigenvalue weighted by atomic mass is 16.3. The molecule has 1 aliphatic heterocycles. The Kier molecular flexibility index (Phi) is 4.36. The Bertz CT molecular complexity index is 383. The van der Waals surface area contributed by atoms with Gasteiger partial charge in [0.15, 0.2) is 0 Å². The van der Waals surface area contributed by atoms with E-state index >= 15 is 0 Å². The zero-order chi connectivity index (χ0) is 14.0. The largest absolute Gasteiger partial charge is 0.469 e. The third-order valence-corrected chi connectivity index (χ3v) is 4.21. The van der Waals surface area contributed by atoms with E-state index in [1.54, 1.807) is 6.26 Å². The molecule has 0 radical (unpaired) electrons. The standard InChI is InChI=1S/C16H28N2O/c1-12(2)15-10-17-16(4,5)11-18(15)13(3)9-14-7-6-8-19-14/h6-8,12-13,15,17H,9-11H2,1-5H3. The van der Waals surface area contributed by atoms with E-state index in [4.69, 9.17) is 4.42 Å². The van der Waals surface area contributed by atoms with Crippen molar-refractivity contribution in [2.45, 2.75) is 58.7 Å². The monoisotopic (exact) mass is 264 g/mol. The van der Waals surface area contributed by atoms with E-state index in [1.807, 2.05) is 6.07 Å². The molecule has 2 rings (SSSR count). The minimum atomic E-state index is 0.197. The van der Waals surface area contributed by atoms with Crippen LogP contribution in [-0.4, -0.2) is 35.6 Å². The molecule has 108 valence electrons. The van der Waals surface area contributed by atoms with Crippen LogP contribution in [0.5, 0.6) is 0 Å². The van der Waals surface area contributed by atoms with Crippen molar-refractivity contribution >= 4 is 0 Å². The van der Waals surface area contributed by atoms with Gasteiger partial charge in [-0.25, -0.2) is 0 Å². The van der Waals surface area contributed by atoms with Crippen LogP contribution in [0, 0.1) is 5.92 Å². The SMILES string of the molecule is CC(C)C1CNC(C)(C)CN1C(C)Cc1ccco1. The number of hydrogen-bond donors (Lipinski definition) is 1. The molecule has 2 unspecified atom stereocenters. The van der Waals surface area contributed by atoms with Crippen molar-refractivity contribution in [1.29, 1.82) is 0 Å². The van der Waals surface area contributed by atoms with E-state index < -0.39 is 0 Å². The van der Waals surface area contributed by atoms with Crippen LogP contribution in [0.25, 0.3) is 0 Å². The first-order chi connectivity index (χ1) is 8.89. The maximum atomic E-state index is 5.50. The Hall–Kier alpha value is -0.800. The molecule has 0 aliphatic carbocycles. The Morgan fingerprint density at radius 1 is 1.42 bits per heavy atom. The number of rotatable bonds is 4. The van der Waals surface area contributed by atoms with Crippen molar-refractivity contribution in [3.05, 3.63) is 24.2 Å². The van der Waals surface area contributed by atoms with Crippen LogP contribution in [0.4, 0.5) is 0 Å². The molecule has 0 saturated carbocycles. The third-order valence-electron chi connectivity index (χ3n) is 4.21. The Morgan fingerprint density at radius 2 is 2.16 bits per heavy atom. The number of hydrogen-bond acceptors (Lipinski definition) is 3. The Labute approximate surface area is 117 Å². The van der Waals surface area contributed by atoms with Gasteiger partial charge in [0.2, 0.25) is 0 Å². The van der Waals surface area contributed by atoms with Gasteiger partial charge in [-0.1, -0.05) is 13.8 Å². The minimum absolute atomic E-state index is 0.197. The molecule has 0 aromatic carbocycles. The second-order valence-electron chi connectivity index (χ2n) is 6.88. The molecule has 1 saturated heterocycles. The van der Waals surface area contributed by atoms with Gasteiger partial charge in [-0.3, -0.25) is 4.90 Å². The molecular formula is C16H28N2O. The van der Waals surface area contributed by atoms with Crippen LogP contribution < -0.4 is 5.32 Å². The lowest BCUT2D eigenvalue weighted by molar-refractivity contribution is 0.0361. The lowest BCUT2D eigenvalue weighted by Crippen LogP contribution is -2.65. The minimum Gasteiger partial charge on any atom is -0.469 e. The summed E-state index contributed by atoms with van der Waals surface area (Å²) in [5, 5.41) is 3.67. The van der Waals surface area contributed by atoms with E-state index in [2.05, 4.69) is 50.9 Å². The average Bonchev–Trinajstić information content (AvgIpc) is 2.80. The molecule has 1 fully saturated rings. The van der Waals surface area contributed by atoms with Crippen LogP contribution in [0.2, 0.25) is 0 Å². The van der Waals surface area contributed by atoms with Crippen molar-refractivity contribution < 1.29 is 4.42 Å². The molecule has 1 aliphatic rings. The summed E-state index contributed by atoms with van der Waals surface area (Å²) in [6, 6.07) is 5.18. The number of nitrogens with one attached hydrogen (secondary N) is 1. The van der Waals surface area contributed by atoms with Crippen molar-refractivity contribution in [3.63, 3.8) is 0 Å². The van der Waals surface area contributed by atoms with E-state index in [1.165, 1.54) is 0 Å². The highest BCUT2D eigenvalue weighted by Gasteiger charge is 2.36. The second kappa shape index (κ2) is 5.68. The molecular weight excluding hydrogens is 236 g/mol. The predicted molar refractivity (Wildman–Crippen MR) is 79.3 cm³/mol. The van der Waals surface area contributed by atoms with Gasteiger partial charge in [0.25, 0.3) is 0 Å². The summed E-state index contributed by atoms with van der Waals surface area (Å²) in [5.74, 6) is 1.76. The first-order valence-corrected chi connectivity index (χ1v) is 7.42. The van der Waals surface area contributed by atoms with E-state index in [0.717, 1.165) is 25.3 Å². The molecule has 2 heterocycles. The molecule has 19 heavy (non-hydrogen) atoms. The summed E-state index contributed by atoms with van der Waals surface area (Å²) < 4.78 is 5.50. The zero-order valence-electron chi connectivity index (χ0n) is 12.9. The van der Waals surface area contributed by atoms with Crippen LogP contribution >= 0.6 is 0 Å². The summed E-state index contributed by atoms with van der Waals surface area (Å²) in [6.07, 6.45) is 2.76. The van der Waals surface area contributed by atoms with Gasteiger partial charge in [0.1, 0.15) is 5.76 Å². The number of furan rings is 1. The van der Waals surface area contributed by atoms with Crippen LogP contribution in [0.1, 0.15) is 40.4 Å². The van der Waals surface area contributed by atoms with Gasteiger partial charge in [0, 0.05) is 37.1 Å². The molecule has 0 bridgehead atoms. The molecule has 0 spiro atoms. The van der Waals surface area contributed by atoms with Gasteiger partial charge < -0.3 is 9.73 Å². The molecule has 1 aromatic heterocycles. The van der Waals surface area contributed by atoms with Gasteiger partial charge >= 0.3 is 0 Å². The van der Waals surface area contributed by atoms with Crippen molar-refractivity contribution in [1.82, 2.24) is 10.2 Å². The lowest BCUT2D eigenvalue weighted by atomic mass is 9.91. The van der Waals surface area contributed by atoms with Crippen LogP contribution in [0.3, 0.4) is 0 Å². The first kappa shape index (κ1) is 14.6. The van der Waals surface area contributed by atoms with E-state index in [9.17, 15) is 0 Å². The average molecular weight is 264 g/mol. The molecule has 3 nitrogen and oxygen atoms in total. The zero-order valence-corrected chi connectivity index (χ0v) is 12.9. The van der Waals surface area contributed by atoms with Gasteiger partial charge in [0.05, 0.1) is 6.26 Å². The topological polar surface area (TPSA) is 28.4 Å². The third kappa shape index (κ3) is 3.61.